The third kappa shape index (κ3) is 2.33. The maximum atomic E-state index is 13.4. The lowest BCUT2D eigenvalue weighted by Gasteiger charge is -2.05. The molecule has 82 valence electrons. The summed E-state index contributed by atoms with van der Waals surface area (Å²) < 4.78 is 26.3. The zero-order chi connectivity index (χ0) is 11.5. The molecule has 0 radical (unpaired) electrons. The lowest BCUT2D eigenvalue weighted by molar-refractivity contribution is 0.577. The van der Waals surface area contributed by atoms with Crippen LogP contribution in [0.1, 0.15) is 0 Å². The number of hydrogen-bond acceptors (Lipinski definition) is 2. The van der Waals surface area contributed by atoms with Crippen LogP contribution in [-0.4, -0.2) is 0 Å². The average Bonchev–Trinajstić information content (AvgIpc) is 2.27. The molecule has 0 atom stereocenters. The van der Waals surface area contributed by atoms with Gasteiger partial charge in [-0.3, -0.25) is 0 Å². The fourth-order valence-electron chi connectivity index (χ4n) is 1.25. The van der Waals surface area contributed by atoms with E-state index in [1.54, 1.807) is 24.3 Å². The Hall–Kier alpha value is -1.55. The molecule has 2 aromatic carbocycles. The van der Waals surface area contributed by atoms with Gasteiger partial charge in [0.1, 0.15) is 11.6 Å². The molecule has 0 fully saturated rings. The first kappa shape index (κ1) is 11.0. The van der Waals surface area contributed by atoms with Gasteiger partial charge in [0, 0.05) is 10.6 Å². The van der Waals surface area contributed by atoms with E-state index < -0.39 is 11.6 Å². The molecule has 2 N–H and O–H groups in total. The first-order valence-corrected chi connectivity index (χ1v) is 5.46. The van der Waals surface area contributed by atoms with Crippen LogP contribution in [-0.2, 0) is 0 Å². The highest BCUT2D eigenvalue weighted by atomic mass is 32.2. The Morgan fingerprint density at radius 1 is 0.938 bits per heavy atom. The maximum absolute atomic E-state index is 13.4. The van der Waals surface area contributed by atoms with Crippen molar-refractivity contribution >= 4 is 17.4 Å². The molecule has 0 saturated heterocycles. The van der Waals surface area contributed by atoms with E-state index in [9.17, 15) is 8.78 Å². The Kier molecular flexibility index (Phi) is 3.10. The van der Waals surface area contributed by atoms with Crippen LogP contribution >= 0.6 is 11.8 Å². The van der Waals surface area contributed by atoms with E-state index in [1.165, 1.54) is 0 Å². The van der Waals surface area contributed by atoms with Crippen LogP contribution in [0.2, 0.25) is 0 Å². The Bertz CT molecular complexity index is 514. The van der Waals surface area contributed by atoms with Gasteiger partial charge in [-0.05, 0) is 30.3 Å². The summed E-state index contributed by atoms with van der Waals surface area (Å²) in [6.07, 6.45) is 0. The summed E-state index contributed by atoms with van der Waals surface area (Å²) in [7, 11) is 0. The molecule has 2 aromatic rings. The topological polar surface area (TPSA) is 26.0 Å². The molecule has 2 rings (SSSR count). The van der Waals surface area contributed by atoms with Crippen molar-refractivity contribution in [2.75, 3.05) is 5.73 Å². The highest BCUT2D eigenvalue weighted by Gasteiger charge is 2.07. The third-order valence-electron chi connectivity index (χ3n) is 2.03. The van der Waals surface area contributed by atoms with E-state index in [4.69, 9.17) is 5.73 Å². The smallest absolute Gasteiger partial charge is 0.137 e. The number of hydrogen-bond donors (Lipinski definition) is 1. The first-order valence-electron chi connectivity index (χ1n) is 4.64. The lowest BCUT2D eigenvalue weighted by atomic mass is 10.3. The van der Waals surface area contributed by atoms with Crippen LogP contribution in [0.25, 0.3) is 0 Å². The minimum atomic E-state index is -0.460. The van der Waals surface area contributed by atoms with Crippen molar-refractivity contribution in [1.82, 2.24) is 0 Å². The Labute approximate surface area is 96.3 Å². The second kappa shape index (κ2) is 4.53. The van der Waals surface area contributed by atoms with Crippen LogP contribution in [0.5, 0.6) is 0 Å². The van der Waals surface area contributed by atoms with Crippen LogP contribution in [0, 0.1) is 11.6 Å². The van der Waals surface area contributed by atoms with Gasteiger partial charge in [0.15, 0.2) is 0 Å². The predicted molar refractivity (Wildman–Crippen MR) is 61.3 cm³/mol. The van der Waals surface area contributed by atoms with E-state index in [0.717, 1.165) is 30.0 Å². The van der Waals surface area contributed by atoms with Gasteiger partial charge in [-0.2, -0.15) is 0 Å². The molecule has 1 nitrogen and oxygen atoms in total. The van der Waals surface area contributed by atoms with Gasteiger partial charge in [0.2, 0.25) is 0 Å². The molecule has 0 aliphatic rings. The molecule has 0 heterocycles. The van der Waals surface area contributed by atoms with Crippen LogP contribution in [0.15, 0.2) is 52.3 Å². The molecule has 0 aliphatic carbocycles. The highest BCUT2D eigenvalue weighted by molar-refractivity contribution is 7.99. The van der Waals surface area contributed by atoms with Gasteiger partial charge >= 0.3 is 0 Å². The second-order valence-corrected chi connectivity index (χ2v) is 4.30. The van der Waals surface area contributed by atoms with Crippen molar-refractivity contribution in [3.05, 3.63) is 54.1 Å². The molecular weight excluding hydrogens is 228 g/mol. The number of para-hydroxylation sites is 1. The minimum absolute atomic E-state index is 0.234. The Morgan fingerprint density at radius 2 is 1.69 bits per heavy atom. The summed E-state index contributed by atoms with van der Waals surface area (Å²) in [6.45, 7) is 0. The van der Waals surface area contributed by atoms with E-state index in [1.807, 2.05) is 0 Å². The zero-order valence-electron chi connectivity index (χ0n) is 8.28. The number of anilines is 1. The lowest BCUT2D eigenvalue weighted by Crippen LogP contribution is -1.89. The Morgan fingerprint density at radius 3 is 2.44 bits per heavy atom. The van der Waals surface area contributed by atoms with Crippen LogP contribution < -0.4 is 5.73 Å². The van der Waals surface area contributed by atoms with Gasteiger partial charge in [0.05, 0.1) is 4.90 Å². The molecule has 16 heavy (non-hydrogen) atoms. The molecule has 4 heteroatoms. The summed E-state index contributed by atoms with van der Waals surface area (Å²) in [5, 5.41) is 0. The van der Waals surface area contributed by atoms with E-state index in [-0.39, 0.29) is 4.90 Å². The van der Waals surface area contributed by atoms with E-state index in [2.05, 4.69) is 0 Å². The summed E-state index contributed by atoms with van der Waals surface area (Å²) in [5.74, 6) is -0.909. The van der Waals surface area contributed by atoms with Crippen molar-refractivity contribution in [2.45, 2.75) is 9.79 Å². The SMILES string of the molecule is Nc1ccccc1Sc1cc(F)ccc1F. The summed E-state index contributed by atoms with van der Waals surface area (Å²) >= 11 is 1.11. The van der Waals surface area contributed by atoms with Gasteiger partial charge in [-0.25, -0.2) is 8.78 Å². The zero-order valence-corrected chi connectivity index (χ0v) is 9.10. The number of nitrogens with two attached hydrogens (primary N) is 1. The molecule has 0 unspecified atom stereocenters. The van der Waals surface area contributed by atoms with Crippen LogP contribution in [0.3, 0.4) is 0 Å². The van der Waals surface area contributed by atoms with Gasteiger partial charge in [0.25, 0.3) is 0 Å². The van der Waals surface area contributed by atoms with Gasteiger partial charge in [-0.1, -0.05) is 23.9 Å². The summed E-state index contributed by atoms with van der Waals surface area (Å²) in [6, 6.07) is 10.4. The molecular formula is C12H9F2NS. The maximum Gasteiger partial charge on any atom is 0.137 e. The minimum Gasteiger partial charge on any atom is -0.398 e. The predicted octanol–water partition coefficient (Wildman–Crippen LogP) is 3.70. The molecule has 0 saturated carbocycles. The summed E-state index contributed by atoms with van der Waals surface area (Å²) in [4.78, 5) is 0.949. The third-order valence-corrected chi connectivity index (χ3v) is 3.16. The van der Waals surface area contributed by atoms with Crippen LogP contribution in [0.4, 0.5) is 14.5 Å². The number of nitrogen functional groups attached to an aromatic ring is 1. The summed E-state index contributed by atoms with van der Waals surface area (Å²) in [5.41, 5.74) is 6.27. The number of halogens is 2. The highest BCUT2D eigenvalue weighted by Crippen LogP contribution is 2.33. The first-order chi connectivity index (χ1) is 7.66. The monoisotopic (exact) mass is 237 g/mol. The molecule has 0 amide bonds. The largest absolute Gasteiger partial charge is 0.398 e. The van der Waals surface area contributed by atoms with Crippen molar-refractivity contribution in [1.29, 1.82) is 0 Å². The molecule has 0 bridgehead atoms. The molecule has 0 spiro atoms. The average molecular weight is 237 g/mol. The molecule has 0 aliphatic heterocycles. The quantitative estimate of drug-likeness (QED) is 0.806. The van der Waals surface area contributed by atoms with Crippen molar-refractivity contribution in [3.8, 4) is 0 Å². The van der Waals surface area contributed by atoms with E-state index in [0.29, 0.717) is 10.6 Å². The van der Waals surface area contributed by atoms with Crippen molar-refractivity contribution < 1.29 is 8.78 Å². The fraction of sp³-hybridized carbons (Fsp3) is 0. The fourth-order valence-corrected chi connectivity index (χ4v) is 2.15. The molecule has 0 aromatic heterocycles. The Balaban J connectivity index is 2.34. The number of benzene rings is 2. The standard InChI is InChI=1S/C12H9F2NS/c13-8-5-6-9(14)12(7-8)16-11-4-2-1-3-10(11)15/h1-7H,15H2. The normalized spacial score (nSPS) is 10.4. The number of rotatable bonds is 2. The van der Waals surface area contributed by atoms with E-state index >= 15 is 0 Å². The van der Waals surface area contributed by atoms with Crippen molar-refractivity contribution in [3.63, 3.8) is 0 Å². The van der Waals surface area contributed by atoms with Crippen molar-refractivity contribution in [2.24, 2.45) is 0 Å². The van der Waals surface area contributed by atoms with Gasteiger partial charge < -0.3 is 5.73 Å². The van der Waals surface area contributed by atoms with Gasteiger partial charge in [-0.15, -0.1) is 0 Å². The second-order valence-electron chi connectivity index (χ2n) is 3.21.